The first-order valence-electron chi connectivity index (χ1n) is 12.0. The smallest absolute Gasteiger partial charge is 0.0540 e. The molecule has 0 spiro atoms. The van der Waals surface area contributed by atoms with Crippen molar-refractivity contribution in [2.75, 3.05) is 0 Å². The number of benzene rings is 3. The summed E-state index contributed by atoms with van der Waals surface area (Å²) in [6, 6.07) is 20.1. The SMILES string of the molecule is F[P-](F)(F)(F)(F)F.[Mn].[O-]c1ccccc1C=NC1CC(N=Cc2ccccc2[O-])CC(N=Cc2ccccc2[O-])C1. The summed E-state index contributed by atoms with van der Waals surface area (Å²) < 4.78 is 59.2. The molecule has 1 aliphatic rings. The fraction of sp³-hybridized carbons (Fsp3) is 0.222. The molecule has 0 bridgehead atoms. The van der Waals surface area contributed by atoms with Gasteiger partial charge in [-0.15, -0.1) is 17.2 Å². The van der Waals surface area contributed by atoms with Gasteiger partial charge >= 0.3 is 33.0 Å². The number of rotatable bonds is 6. The van der Waals surface area contributed by atoms with Gasteiger partial charge in [-0.1, -0.05) is 72.8 Å². The van der Waals surface area contributed by atoms with Gasteiger partial charge in [0.15, 0.2) is 0 Å². The van der Waals surface area contributed by atoms with Gasteiger partial charge in [-0.2, -0.15) is 0 Å². The van der Waals surface area contributed by atoms with E-state index in [0.29, 0.717) is 36.0 Å². The quantitative estimate of drug-likeness (QED) is 0.138. The van der Waals surface area contributed by atoms with E-state index in [1.54, 1.807) is 55.0 Å². The van der Waals surface area contributed by atoms with Crippen molar-refractivity contribution in [3.63, 3.8) is 0 Å². The van der Waals surface area contributed by atoms with Crippen LogP contribution in [0.5, 0.6) is 17.2 Å². The fourth-order valence-electron chi connectivity index (χ4n) is 3.91. The Morgan fingerprint density at radius 3 is 0.951 bits per heavy atom. The second kappa shape index (κ2) is 13.1. The van der Waals surface area contributed by atoms with Crippen LogP contribution in [0.3, 0.4) is 0 Å². The van der Waals surface area contributed by atoms with Crippen molar-refractivity contribution in [2.45, 2.75) is 37.4 Å². The molecule has 0 aliphatic heterocycles. The summed E-state index contributed by atoms with van der Waals surface area (Å²) in [6.07, 6.45) is 6.96. The zero-order chi connectivity index (χ0) is 29.5. The topological polar surface area (TPSA) is 106 Å². The van der Waals surface area contributed by atoms with Crippen LogP contribution in [0, 0.1) is 0 Å². The maximum Gasteiger partial charge on any atom is 0.0540 e. The van der Waals surface area contributed by atoms with E-state index in [0.717, 1.165) is 0 Å². The average Bonchev–Trinajstić information content (AvgIpc) is 2.85. The predicted octanol–water partition coefficient (Wildman–Crippen LogP) is 6.23. The molecule has 3 aromatic rings. The average molecular weight is 638 g/mol. The van der Waals surface area contributed by atoms with Crippen molar-refractivity contribution in [2.24, 2.45) is 15.0 Å². The summed E-state index contributed by atoms with van der Waals surface area (Å²) in [5, 5.41) is 36.0. The molecule has 0 aromatic heterocycles. The number of para-hydroxylation sites is 3. The predicted molar refractivity (Wildman–Crippen MR) is 139 cm³/mol. The molecule has 6 nitrogen and oxygen atoms in total. The summed E-state index contributed by atoms with van der Waals surface area (Å²) in [5.41, 5.74) is 1.64. The summed E-state index contributed by atoms with van der Waals surface area (Å²) in [4.78, 5) is 14.0. The standard InChI is InChI=1S/C27H27N3O3.F6P.Mn/c31-25-10-4-1-7-19(25)16-28-22-13-23(29-17-20-8-2-5-11-26(20)32)15-24(14-22)30-18-21-9-3-6-12-27(21)33;1-7(2,3,4,5)6;/h1-12,16-18,22-24,31-33H,13-15H2;;/q;-1;/p-3. The van der Waals surface area contributed by atoms with E-state index in [-0.39, 0.29) is 52.4 Å². The summed E-state index contributed by atoms with van der Waals surface area (Å²) in [7, 11) is -10.7. The molecule has 0 heterocycles. The molecule has 1 fully saturated rings. The Labute approximate surface area is 242 Å². The minimum absolute atomic E-state index is 0. The van der Waals surface area contributed by atoms with Gasteiger partial charge in [0, 0.05) is 35.7 Å². The molecule has 1 saturated carbocycles. The Bertz CT molecular complexity index is 1240. The molecule has 0 atom stereocenters. The van der Waals surface area contributed by atoms with Crippen LogP contribution in [0.2, 0.25) is 0 Å². The van der Waals surface area contributed by atoms with Crippen LogP contribution in [0.1, 0.15) is 36.0 Å². The van der Waals surface area contributed by atoms with Gasteiger partial charge in [-0.25, -0.2) is 0 Å². The fourth-order valence-corrected chi connectivity index (χ4v) is 3.91. The number of hydrogen-bond acceptors (Lipinski definition) is 6. The zero-order valence-electron chi connectivity index (χ0n) is 21.2. The van der Waals surface area contributed by atoms with Gasteiger partial charge < -0.3 is 15.3 Å². The van der Waals surface area contributed by atoms with Crippen molar-refractivity contribution in [3.8, 4) is 17.2 Å². The molecular weight excluding hydrogens is 614 g/mol. The molecule has 1 aliphatic carbocycles. The number of nitrogens with zero attached hydrogens (tertiary/aromatic N) is 3. The van der Waals surface area contributed by atoms with E-state index < -0.39 is 7.81 Å². The Morgan fingerprint density at radius 2 is 0.732 bits per heavy atom. The minimum Gasteiger partial charge on any atom is -0.872 e. The van der Waals surface area contributed by atoms with E-state index in [4.69, 9.17) is 0 Å². The normalized spacial score (nSPS) is 21.1. The minimum atomic E-state index is -10.7. The Morgan fingerprint density at radius 1 is 0.512 bits per heavy atom. The molecule has 0 saturated heterocycles. The van der Waals surface area contributed by atoms with Gasteiger partial charge in [0.1, 0.15) is 0 Å². The monoisotopic (exact) mass is 638 g/mol. The van der Waals surface area contributed by atoms with Crippen molar-refractivity contribution in [3.05, 3.63) is 89.5 Å². The third kappa shape index (κ3) is 13.7. The van der Waals surface area contributed by atoms with Crippen molar-refractivity contribution >= 4 is 26.5 Å². The van der Waals surface area contributed by atoms with E-state index in [1.807, 2.05) is 18.2 Å². The van der Waals surface area contributed by atoms with Gasteiger partial charge in [0.05, 0.1) is 18.1 Å². The van der Waals surface area contributed by atoms with E-state index >= 15 is 0 Å². The van der Waals surface area contributed by atoms with Gasteiger partial charge in [-0.3, -0.25) is 15.0 Å². The van der Waals surface area contributed by atoms with Crippen molar-refractivity contribution in [1.29, 1.82) is 0 Å². The maximum atomic E-state index is 12.0. The third-order valence-electron chi connectivity index (χ3n) is 5.66. The second-order valence-corrected chi connectivity index (χ2v) is 11.0. The zero-order valence-corrected chi connectivity index (χ0v) is 23.2. The number of halogens is 6. The third-order valence-corrected chi connectivity index (χ3v) is 5.66. The first-order valence-corrected chi connectivity index (χ1v) is 14.0. The molecule has 41 heavy (non-hydrogen) atoms. The molecule has 3 aromatic carbocycles. The molecule has 14 heteroatoms. The van der Waals surface area contributed by atoms with Crippen LogP contribution < -0.4 is 15.3 Å². The van der Waals surface area contributed by atoms with Crippen LogP contribution in [-0.4, -0.2) is 36.8 Å². The molecule has 0 N–H and O–H groups in total. The first kappa shape index (κ1) is 33.8. The van der Waals surface area contributed by atoms with Crippen LogP contribution in [0.4, 0.5) is 25.2 Å². The van der Waals surface area contributed by atoms with Crippen molar-refractivity contribution < 1.29 is 57.6 Å². The molecule has 223 valence electrons. The summed E-state index contributed by atoms with van der Waals surface area (Å²) >= 11 is 0. The van der Waals surface area contributed by atoms with E-state index in [2.05, 4.69) is 15.0 Å². The second-order valence-electron chi connectivity index (χ2n) is 9.07. The van der Waals surface area contributed by atoms with Crippen LogP contribution in [-0.2, 0) is 17.1 Å². The number of aliphatic imine (C=N–C) groups is 3. The Balaban J connectivity index is 0.000000655. The molecule has 1 radical (unpaired) electrons. The Kier molecular flexibility index (Phi) is 10.8. The van der Waals surface area contributed by atoms with Crippen molar-refractivity contribution in [1.82, 2.24) is 0 Å². The van der Waals surface area contributed by atoms with E-state index in [9.17, 15) is 40.5 Å². The first-order chi connectivity index (χ1) is 18.5. The largest absolute Gasteiger partial charge is 0.872 e. The molecule has 4 rings (SSSR count). The molecular formula is C27H24F6MnN3O3P-4. The summed E-state index contributed by atoms with van der Waals surface area (Å²) in [6.45, 7) is 0. The number of hydrogen-bond donors (Lipinski definition) is 0. The van der Waals surface area contributed by atoms with E-state index in [1.165, 1.54) is 18.2 Å². The van der Waals surface area contributed by atoms with Crippen LogP contribution in [0.15, 0.2) is 87.8 Å². The maximum absolute atomic E-state index is 12.0. The van der Waals surface area contributed by atoms with Gasteiger partial charge in [0.2, 0.25) is 0 Å². The van der Waals surface area contributed by atoms with Gasteiger partial charge in [0.25, 0.3) is 0 Å². The summed E-state index contributed by atoms with van der Waals surface area (Å²) in [5.74, 6) is -0.207. The van der Waals surface area contributed by atoms with Crippen LogP contribution in [0.25, 0.3) is 0 Å². The van der Waals surface area contributed by atoms with Gasteiger partial charge in [-0.05, 0) is 36.0 Å². The molecule has 0 unspecified atom stereocenters. The Hall–Kier alpha value is -3.40. The molecule has 0 amide bonds. The van der Waals surface area contributed by atoms with Crippen LogP contribution >= 0.6 is 7.81 Å².